The molecule has 0 aromatic heterocycles. The lowest BCUT2D eigenvalue weighted by atomic mass is 10.0. The van der Waals surface area contributed by atoms with Crippen molar-refractivity contribution < 1.29 is 17.9 Å². The Morgan fingerprint density at radius 2 is 1.57 bits per heavy atom. The van der Waals surface area contributed by atoms with E-state index in [1.807, 2.05) is 0 Å². The molecule has 0 aliphatic rings. The van der Waals surface area contributed by atoms with Gasteiger partial charge in [-0.1, -0.05) is 61.2 Å². The Kier molecular flexibility index (Phi) is 5.99. The summed E-state index contributed by atoms with van der Waals surface area (Å²) in [6, 6.07) is 14.7. The maximum atomic E-state index is 14.3. The minimum atomic E-state index is -0.998. The van der Waals surface area contributed by atoms with Crippen LogP contribution in [0.15, 0.2) is 61.2 Å². The smallest absolute Gasteiger partial charge is 0.201 e. The molecule has 3 aromatic carbocycles. The number of benzene rings is 3. The van der Waals surface area contributed by atoms with E-state index in [-0.39, 0.29) is 23.7 Å². The number of ether oxygens (including phenoxy) is 1. The summed E-state index contributed by atoms with van der Waals surface area (Å²) < 4.78 is 47.5. The maximum absolute atomic E-state index is 14.3. The van der Waals surface area contributed by atoms with Crippen LogP contribution in [-0.2, 0) is 0 Å². The average Bonchev–Trinajstić information content (AvgIpc) is 2.71. The van der Waals surface area contributed by atoms with E-state index < -0.39 is 11.6 Å². The summed E-state index contributed by atoms with van der Waals surface area (Å²) >= 11 is 0. The molecule has 0 heterocycles. The molecular formula is C24H19F3O. The second kappa shape index (κ2) is 8.61. The van der Waals surface area contributed by atoms with Gasteiger partial charge in [0, 0.05) is 11.1 Å². The van der Waals surface area contributed by atoms with Crippen molar-refractivity contribution in [3.63, 3.8) is 0 Å². The van der Waals surface area contributed by atoms with Crippen molar-refractivity contribution in [3.05, 3.63) is 95.3 Å². The highest BCUT2D eigenvalue weighted by Gasteiger charge is 2.15. The summed E-state index contributed by atoms with van der Waals surface area (Å²) in [6.45, 7) is 5.58. The van der Waals surface area contributed by atoms with E-state index in [0.29, 0.717) is 16.7 Å². The van der Waals surface area contributed by atoms with Crippen LogP contribution in [0.1, 0.15) is 23.6 Å². The van der Waals surface area contributed by atoms with Gasteiger partial charge in [0.15, 0.2) is 11.6 Å². The van der Waals surface area contributed by atoms with E-state index in [0.717, 1.165) is 5.56 Å². The van der Waals surface area contributed by atoms with Crippen molar-refractivity contribution in [3.8, 4) is 16.9 Å². The Balaban J connectivity index is 1.82. The molecule has 0 N–H and O–H groups in total. The Morgan fingerprint density at radius 3 is 2.21 bits per heavy atom. The highest BCUT2D eigenvalue weighted by molar-refractivity contribution is 5.73. The van der Waals surface area contributed by atoms with Crippen molar-refractivity contribution in [2.45, 2.75) is 6.92 Å². The summed E-state index contributed by atoms with van der Waals surface area (Å²) in [4.78, 5) is 0. The van der Waals surface area contributed by atoms with Gasteiger partial charge in [-0.3, -0.25) is 0 Å². The molecular weight excluding hydrogens is 361 g/mol. The molecule has 142 valence electrons. The van der Waals surface area contributed by atoms with Gasteiger partial charge < -0.3 is 4.74 Å². The lowest BCUT2D eigenvalue weighted by Gasteiger charge is -2.09. The van der Waals surface area contributed by atoms with Gasteiger partial charge >= 0.3 is 0 Å². The average molecular weight is 380 g/mol. The first kappa shape index (κ1) is 19.5. The van der Waals surface area contributed by atoms with Crippen LogP contribution in [0.5, 0.6) is 5.75 Å². The Bertz CT molecular complexity index is 1020. The van der Waals surface area contributed by atoms with E-state index in [9.17, 15) is 13.2 Å². The Labute approximate surface area is 162 Å². The Morgan fingerprint density at radius 1 is 0.857 bits per heavy atom. The van der Waals surface area contributed by atoms with Crippen LogP contribution in [0, 0.1) is 17.5 Å². The number of halogens is 3. The lowest BCUT2D eigenvalue weighted by Crippen LogP contribution is -1.98. The molecule has 28 heavy (non-hydrogen) atoms. The van der Waals surface area contributed by atoms with Crippen molar-refractivity contribution in [2.24, 2.45) is 0 Å². The van der Waals surface area contributed by atoms with Crippen LogP contribution >= 0.6 is 0 Å². The molecule has 4 heteroatoms. The van der Waals surface area contributed by atoms with Crippen molar-refractivity contribution >= 4 is 18.2 Å². The second-order valence-corrected chi connectivity index (χ2v) is 6.11. The van der Waals surface area contributed by atoms with Crippen LogP contribution in [0.4, 0.5) is 13.2 Å². The van der Waals surface area contributed by atoms with Crippen LogP contribution < -0.4 is 4.74 Å². The highest BCUT2D eigenvalue weighted by atomic mass is 19.2. The quantitative estimate of drug-likeness (QED) is 0.419. The first-order valence-corrected chi connectivity index (χ1v) is 8.84. The predicted molar refractivity (Wildman–Crippen MR) is 108 cm³/mol. The molecule has 0 atom stereocenters. The first-order chi connectivity index (χ1) is 13.5. The van der Waals surface area contributed by atoms with E-state index in [2.05, 4.69) is 6.58 Å². The zero-order chi connectivity index (χ0) is 20.1. The predicted octanol–water partition coefficient (Wildman–Crippen LogP) is 6.98. The fourth-order valence-electron chi connectivity index (χ4n) is 2.79. The van der Waals surface area contributed by atoms with Crippen molar-refractivity contribution in [1.82, 2.24) is 0 Å². The highest BCUT2D eigenvalue weighted by Crippen LogP contribution is 2.30. The summed E-state index contributed by atoms with van der Waals surface area (Å²) in [5.74, 6) is -2.38. The molecule has 3 rings (SSSR count). The van der Waals surface area contributed by atoms with Gasteiger partial charge in [0.25, 0.3) is 0 Å². The fourth-order valence-corrected chi connectivity index (χ4v) is 2.79. The SMILES string of the molecule is C=Cc1ccc(/C=C/c2ccc(-c3ccc(OCC)c(F)c3F)cc2)c(F)c1. The zero-order valence-electron chi connectivity index (χ0n) is 15.4. The molecule has 0 saturated carbocycles. The van der Waals surface area contributed by atoms with E-state index >= 15 is 0 Å². The summed E-state index contributed by atoms with van der Waals surface area (Å²) in [7, 11) is 0. The van der Waals surface area contributed by atoms with Gasteiger partial charge in [-0.05, 0) is 41.8 Å². The third-order valence-electron chi connectivity index (χ3n) is 4.28. The molecule has 0 radical (unpaired) electrons. The van der Waals surface area contributed by atoms with Gasteiger partial charge in [0.2, 0.25) is 5.82 Å². The van der Waals surface area contributed by atoms with Gasteiger partial charge in [0.1, 0.15) is 5.82 Å². The van der Waals surface area contributed by atoms with Crippen LogP contribution in [0.2, 0.25) is 0 Å². The third-order valence-corrected chi connectivity index (χ3v) is 4.28. The standard InChI is InChI=1S/C24H19F3O/c1-3-16-5-11-19(21(25)15-16)12-8-17-6-9-18(10-7-17)20-13-14-22(28-4-2)24(27)23(20)26/h3,5-15H,1,4H2,2H3/b12-8+. The van der Waals surface area contributed by atoms with Gasteiger partial charge in [-0.25, -0.2) is 8.78 Å². The molecule has 0 bridgehead atoms. The normalized spacial score (nSPS) is 11.0. The van der Waals surface area contributed by atoms with Crippen molar-refractivity contribution in [1.29, 1.82) is 0 Å². The van der Waals surface area contributed by atoms with E-state index in [4.69, 9.17) is 4.74 Å². The molecule has 0 unspecified atom stereocenters. The number of hydrogen-bond donors (Lipinski definition) is 0. The molecule has 1 nitrogen and oxygen atoms in total. The molecule has 0 amide bonds. The topological polar surface area (TPSA) is 9.23 Å². The maximum Gasteiger partial charge on any atom is 0.201 e. The Hall–Kier alpha value is -3.27. The minimum absolute atomic E-state index is 0.104. The first-order valence-electron chi connectivity index (χ1n) is 8.84. The minimum Gasteiger partial charge on any atom is -0.491 e. The van der Waals surface area contributed by atoms with Crippen LogP contribution in [0.3, 0.4) is 0 Å². The van der Waals surface area contributed by atoms with Gasteiger partial charge in [-0.2, -0.15) is 4.39 Å². The summed E-state index contributed by atoms with van der Waals surface area (Å²) in [5.41, 5.74) is 2.67. The van der Waals surface area contributed by atoms with Crippen LogP contribution in [0.25, 0.3) is 29.4 Å². The monoisotopic (exact) mass is 380 g/mol. The van der Waals surface area contributed by atoms with Gasteiger partial charge in [0.05, 0.1) is 6.61 Å². The van der Waals surface area contributed by atoms with Crippen LogP contribution in [-0.4, -0.2) is 6.61 Å². The molecule has 3 aromatic rings. The number of rotatable bonds is 6. The largest absolute Gasteiger partial charge is 0.491 e. The third kappa shape index (κ3) is 4.17. The molecule has 0 spiro atoms. The van der Waals surface area contributed by atoms with Gasteiger partial charge in [-0.15, -0.1) is 0 Å². The summed E-state index contributed by atoms with van der Waals surface area (Å²) in [6.07, 6.45) is 5.00. The second-order valence-electron chi connectivity index (χ2n) is 6.11. The molecule has 0 fully saturated rings. The van der Waals surface area contributed by atoms with E-state index in [1.165, 1.54) is 18.2 Å². The lowest BCUT2D eigenvalue weighted by molar-refractivity contribution is 0.314. The molecule has 0 aliphatic heterocycles. The van der Waals surface area contributed by atoms with Crippen molar-refractivity contribution in [2.75, 3.05) is 6.61 Å². The molecule has 0 aliphatic carbocycles. The van der Waals surface area contributed by atoms with E-state index in [1.54, 1.807) is 61.5 Å². The fraction of sp³-hybridized carbons (Fsp3) is 0.0833. The summed E-state index contributed by atoms with van der Waals surface area (Å²) in [5, 5.41) is 0. The number of hydrogen-bond acceptors (Lipinski definition) is 1. The zero-order valence-corrected chi connectivity index (χ0v) is 15.4. The molecule has 0 saturated heterocycles.